The normalized spacial score (nSPS) is 22.0. The monoisotopic (exact) mass is 411 g/mol. The number of carbonyl (C=O) groups excluding carboxylic acids is 1. The number of nitrogens with one attached hydrogen (secondary N) is 2. The van der Waals surface area contributed by atoms with Crippen LogP contribution in [0.15, 0.2) is 40.1 Å². The standard InChI is InChI=1S/C21H25N5O4/c1-12(2)18-22-14-5-4-13(10-15(14)23-18)19(28)25-9-7-21(3,30)16(11-25)26-8-6-17(27)24-20(26)29/h4-6,8,10,12,16,30H,7,9,11H2,1-3H3,(H,22,23)(H,24,27,29)/t16-,21-/m1/s1. The summed E-state index contributed by atoms with van der Waals surface area (Å²) < 4.78 is 1.29. The van der Waals surface area contributed by atoms with Crippen LogP contribution in [0.3, 0.4) is 0 Å². The third kappa shape index (κ3) is 3.56. The molecule has 4 rings (SSSR count). The second-order valence-corrected chi connectivity index (χ2v) is 8.40. The number of hydrogen-bond acceptors (Lipinski definition) is 5. The summed E-state index contributed by atoms with van der Waals surface area (Å²) in [5, 5.41) is 10.8. The summed E-state index contributed by atoms with van der Waals surface area (Å²) in [5.74, 6) is 0.925. The Morgan fingerprint density at radius 3 is 2.73 bits per heavy atom. The van der Waals surface area contributed by atoms with E-state index in [0.717, 1.165) is 16.9 Å². The van der Waals surface area contributed by atoms with Crippen molar-refractivity contribution in [3.05, 3.63) is 62.7 Å². The predicted octanol–water partition coefficient (Wildman–Crippen LogP) is 1.37. The van der Waals surface area contributed by atoms with Crippen molar-refractivity contribution in [1.29, 1.82) is 0 Å². The van der Waals surface area contributed by atoms with Crippen LogP contribution in [0.4, 0.5) is 0 Å². The molecule has 158 valence electrons. The second-order valence-electron chi connectivity index (χ2n) is 8.40. The van der Waals surface area contributed by atoms with Gasteiger partial charge in [-0.1, -0.05) is 13.8 Å². The van der Waals surface area contributed by atoms with Crippen LogP contribution in [0.2, 0.25) is 0 Å². The van der Waals surface area contributed by atoms with Crippen LogP contribution in [0.5, 0.6) is 0 Å². The first-order valence-corrected chi connectivity index (χ1v) is 9.98. The lowest BCUT2D eigenvalue weighted by molar-refractivity contribution is -0.0459. The second kappa shape index (κ2) is 7.24. The topological polar surface area (TPSA) is 124 Å². The van der Waals surface area contributed by atoms with E-state index in [1.807, 2.05) is 19.9 Å². The lowest BCUT2D eigenvalue weighted by Gasteiger charge is -2.43. The lowest BCUT2D eigenvalue weighted by Crippen LogP contribution is -2.54. The highest BCUT2D eigenvalue weighted by Gasteiger charge is 2.41. The number of hydrogen-bond donors (Lipinski definition) is 3. The van der Waals surface area contributed by atoms with Gasteiger partial charge in [-0.3, -0.25) is 19.1 Å². The highest BCUT2D eigenvalue weighted by molar-refractivity contribution is 5.97. The fraction of sp³-hybridized carbons (Fsp3) is 0.429. The Balaban J connectivity index is 1.63. The van der Waals surface area contributed by atoms with Gasteiger partial charge in [0.05, 0.1) is 22.7 Å². The molecule has 1 amide bonds. The van der Waals surface area contributed by atoms with Gasteiger partial charge in [0.25, 0.3) is 11.5 Å². The van der Waals surface area contributed by atoms with Crippen LogP contribution < -0.4 is 11.2 Å². The van der Waals surface area contributed by atoms with E-state index < -0.39 is 22.9 Å². The van der Waals surface area contributed by atoms with Crippen molar-refractivity contribution in [2.24, 2.45) is 0 Å². The molecule has 1 fully saturated rings. The highest BCUT2D eigenvalue weighted by atomic mass is 16.3. The minimum atomic E-state index is -1.20. The maximum absolute atomic E-state index is 13.2. The third-order valence-corrected chi connectivity index (χ3v) is 5.77. The van der Waals surface area contributed by atoms with E-state index in [1.54, 1.807) is 24.0 Å². The minimum Gasteiger partial charge on any atom is -0.388 e. The van der Waals surface area contributed by atoms with Gasteiger partial charge in [-0.05, 0) is 31.5 Å². The summed E-state index contributed by atoms with van der Waals surface area (Å²) in [6, 6.07) is 5.89. The maximum atomic E-state index is 13.2. The van der Waals surface area contributed by atoms with Gasteiger partial charge in [-0.25, -0.2) is 9.78 Å². The van der Waals surface area contributed by atoms with Gasteiger partial charge >= 0.3 is 5.69 Å². The van der Waals surface area contributed by atoms with Gasteiger partial charge in [0.1, 0.15) is 5.82 Å². The molecule has 1 aliphatic rings. The summed E-state index contributed by atoms with van der Waals surface area (Å²) in [5.41, 5.74) is -0.208. The van der Waals surface area contributed by atoms with Crippen molar-refractivity contribution in [1.82, 2.24) is 24.4 Å². The zero-order valence-corrected chi connectivity index (χ0v) is 17.2. The molecule has 2 atom stereocenters. The van der Waals surface area contributed by atoms with Gasteiger partial charge in [-0.2, -0.15) is 0 Å². The van der Waals surface area contributed by atoms with Gasteiger partial charge in [0, 0.05) is 36.8 Å². The Morgan fingerprint density at radius 2 is 2.03 bits per heavy atom. The molecule has 9 heteroatoms. The third-order valence-electron chi connectivity index (χ3n) is 5.77. The molecule has 1 aromatic carbocycles. The van der Waals surface area contributed by atoms with E-state index in [2.05, 4.69) is 15.0 Å². The molecule has 3 heterocycles. The molecule has 3 aromatic rings. The van der Waals surface area contributed by atoms with E-state index in [9.17, 15) is 19.5 Å². The number of nitrogens with zero attached hydrogens (tertiary/aromatic N) is 3. The summed E-state index contributed by atoms with van der Waals surface area (Å²) >= 11 is 0. The first kappa shape index (κ1) is 20.1. The van der Waals surface area contributed by atoms with Crippen molar-refractivity contribution in [3.63, 3.8) is 0 Å². The van der Waals surface area contributed by atoms with E-state index in [-0.39, 0.29) is 18.4 Å². The number of amides is 1. The lowest BCUT2D eigenvalue weighted by atomic mass is 9.87. The zero-order chi connectivity index (χ0) is 21.6. The van der Waals surface area contributed by atoms with Crippen LogP contribution in [0.1, 0.15) is 55.3 Å². The molecule has 2 aromatic heterocycles. The number of aromatic amines is 2. The molecule has 30 heavy (non-hydrogen) atoms. The maximum Gasteiger partial charge on any atom is 0.328 e. The number of H-pyrrole nitrogens is 2. The summed E-state index contributed by atoms with van der Waals surface area (Å²) in [4.78, 5) is 48.4. The number of imidazole rings is 1. The molecule has 0 unspecified atom stereocenters. The van der Waals surface area contributed by atoms with Crippen molar-refractivity contribution >= 4 is 16.9 Å². The average molecular weight is 411 g/mol. The Hall–Kier alpha value is -3.20. The summed E-state index contributed by atoms with van der Waals surface area (Å²) in [6.07, 6.45) is 1.66. The smallest absolute Gasteiger partial charge is 0.328 e. The quantitative estimate of drug-likeness (QED) is 0.601. The van der Waals surface area contributed by atoms with E-state index in [0.29, 0.717) is 18.5 Å². The van der Waals surface area contributed by atoms with Crippen molar-refractivity contribution in [2.45, 2.75) is 44.8 Å². The van der Waals surface area contributed by atoms with Crippen molar-refractivity contribution in [3.8, 4) is 0 Å². The van der Waals surface area contributed by atoms with Gasteiger partial charge < -0.3 is 15.0 Å². The Bertz CT molecular complexity index is 1220. The first-order valence-electron chi connectivity index (χ1n) is 9.98. The highest BCUT2D eigenvalue weighted by Crippen LogP contribution is 2.31. The van der Waals surface area contributed by atoms with Crippen molar-refractivity contribution in [2.75, 3.05) is 13.1 Å². The van der Waals surface area contributed by atoms with E-state index >= 15 is 0 Å². The number of aliphatic hydroxyl groups is 1. The van der Waals surface area contributed by atoms with Crippen LogP contribution in [0, 0.1) is 0 Å². The van der Waals surface area contributed by atoms with E-state index in [4.69, 9.17) is 0 Å². The van der Waals surface area contributed by atoms with E-state index in [1.165, 1.54) is 16.8 Å². The molecule has 0 saturated carbocycles. The number of rotatable bonds is 3. The molecule has 0 radical (unpaired) electrons. The van der Waals surface area contributed by atoms with Gasteiger partial charge in [0.2, 0.25) is 0 Å². The number of likely N-dealkylation sites (tertiary alicyclic amines) is 1. The SMILES string of the molecule is CC(C)c1nc2ccc(C(=O)N3CC[C@@](C)(O)[C@H](n4ccc(=O)[nH]c4=O)C3)cc2[nH]1. The number of fused-ring (bicyclic) bond motifs is 1. The van der Waals surface area contributed by atoms with Crippen molar-refractivity contribution < 1.29 is 9.90 Å². The number of aromatic nitrogens is 4. The van der Waals surface area contributed by atoms with Crippen LogP contribution in [-0.4, -0.2) is 54.1 Å². The molecule has 1 aliphatic heterocycles. The van der Waals surface area contributed by atoms with Gasteiger partial charge in [-0.15, -0.1) is 0 Å². The Morgan fingerprint density at radius 1 is 1.27 bits per heavy atom. The fourth-order valence-electron chi connectivity index (χ4n) is 3.89. The molecule has 9 nitrogen and oxygen atoms in total. The zero-order valence-electron chi connectivity index (χ0n) is 17.2. The summed E-state index contributed by atoms with van der Waals surface area (Å²) in [7, 11) is 0. The van der Waals surface area contributed by atoms with Crippen LogP contribution >= 0.6 is 0 Å². The predicted molar refractivity (Wildman–Crippen MR) is 112 cm³/mol. The number of carbonyl (C=O) groups is 1. The Kier molecular flexibility index (Phi) is 4.85. The average Bonchev–Trinajstić information content (AvgIpc) is 3.12. The largest absolute Gasteiger partial charge is 0.388 e. The molecule has 1 saturated heterocycles. The van der Waals surface area contributed by atoms with Crippen LogP contribution in [0.25, 0.3) is 11.0 Å². The molecular weight excluding hydrogens is 386 g/mol. The number of benzene rings is 1. The van der Waals surface area contributed by atoms with Crippen LogP contribution in [-0.2, 0) is 0 Å². The first-order chi connectivity index (χ1) is 14.2. The van der Waals surface area contributed by atoms with Gasteiger partial charge in [0.15, 0.2) is 0 Å². The minimum absolute atomic E-state index is 0.149. The Labute approximate surface area is 172 Å². The fourth-order valence-corrected chi connectivity index (χ4v) is 3.89. The molecule has 0 aliphatic carbocycles. The summed E-state index contributed by atoms with van der Waals surface area (Å²) in [6.45, 7) is 6.24. The number of piperidine rings is 1. The molecular formula is C21H25N5O4. The molecule has 0 spiro atoms. The molecule has 3 N–H and O–H groups in total. The molecule has 0 bridgehead atoms.